The van der Waals surface area contributed by atoms with Crippen molar-refractivity contribution >= 4 is 0 Å². The highest BCUT2D eigenvalue weighted by molar-refractivity contribution is 4.94. The van der Waals surface area contributed by atoms with E-state index in [1.54, 1.807) is 0 Å². The van der Waals surface area contributed by atoms with Crippen molar-refractivity contribution in [2.24, 2.45) is 5.41 Å². The lowest BCUT2D eigenvalue weighted by molar-refractivity contribution is 0.332. The Morgan fingerprint density at radius 3 is 2.43 bits per heavy atom. The maximum absolute atomic E-state index is 8.87. The highest BCUT2D eigenvalue weighted by atomic mass is 15.0. The third kappa shape index (κ3) is 3.31. The normalized spacial score (nSPS) is 20.7. The van der Waals surface area contributed by atoms with E-state index < -0.39 is 0 Å². The van der Waals surface area contributed by atoms with Crippen LogP contribution in [-0.4, -0.2) is 12.1 Å². The van der Waals surface area contributed by atoms with Gasteiger partial charge < -0.3 is 5.32 Å². The maximum Gasteiger partial charge on any atom is 0.0684 e. The van der Waals surface area contributed by atoms with E-state index in [0.29, 0.717) is 5.54 Å². The van der Waals surface area contributed by atoms with Gasteiger partial charge in [-0.1, -0.05) is 12.8 Å². The molecular formula is C12H22N2. The Balaban J connectivity index is 2.25. The van der Waals surface area contributed by atoms with Gasteiger partial charge in [0.2, 0.25) is 0 Å². The van der Waals surface area contributed by atoms with Crippen molar-refractivity contribution in [3.8, 4) is 6.07 Å². The monoisotopic (exact) mass is 194 g/mol. The van der Waals surface area contributed by atoms with Crippen LogP contribution in [0.15, 0.2) is 0 Å². The summed E-state index contributed by atoms with van der Waals surface area (Å²) in [5.41, 5.74) is 0.174. The van der Waals surface area contributed by atoms with Crippen molar-refractivity contribution in [3.63, 3.8) is 0 Å². The minimum atomic E-state index is -0.179. The first kappa shape index (κ1) is 11.5. The van der Waals surface area contributed by atoms with Crippen LogP contribution in [-0.2, 0) is 0 Å². The fourth-order valence-corrected chi connectivity index (χ4v) is 2.06. The first-order chi connectivity index (χ1) is 6.47. The Hall–Kier alpha value is -0.550. The molecule has 0 unspecified atom stereocenters. The standard InChI is InChI=1S/C12H22N2/c1-11(2,10-13)8-9-14-12(3)6-4-5-7-12/h14H,4-9H2,1-3H3. The van der Waals surface area contributed by atoms with Gasteiger partial charge in [-0.25, -0.2) is 0 Å². The molecule has 0 heterocycles. The summed E-state index contributed by atoms with van der Waals surface area (Å²) in [7, 11) is 0. The zero-order valence-corrected chi connectivity index (χ0v) is 9.69. The Kier molecular flexibility index (Phi) is 3.55. The molecule has 1 aliphatic rings. The van der Waals surface area contributed by atoms with Crippen LogP contribution in [0.5, 0.6) is 0 Å². The third-order valence-corrected chi connectivity index (χ3v) is 3.31. The summed E-state index contributed by atoms with van der Waals surface area (Å²) in [5.74, 6) is 0. The van der Waals surface area contributed by atoms with Gasteiger partial charge in [0.05, 0.1) is 11.5 Å². The molecule has 1 N–H and O–H groups in total. The van der Waals surface area contributed by atoms with Crippen molar-refractivity contribution < 1.29 is 0 Å². The van der Waals surface area contributed by atoms with E-state index in [0.717, 1.165) is 13.0 Å². The van der Waals surface area contributed by atoms with Gasteiger partial charge in [-0.05, 0) is 46.6 Å². The van der Waals surface area contributed by atoms with Crippen molar-refractivity contribution in [1.29, 1.82) is 5.26 Å². The minimum absolute atomic E-state index is 0.179. The molecule has 0 bridgehead atoms. The second-order valence-corrected chi connectivity index (χ2v) is 5.44. The topological polar surface area (TPSA) is 35.8 Å². The van der Waals surface area contributed by atoms with Gasteiger partial charge in [0.25, 0.3) is 0 Å². The van der Waals surface area contributed by atoms with Gasteiger partial charge in [0.1, 0.15) is 0 Å². The quantitative estimate of drug-likeness (QED) is 0.747. The van der Waals surface area contributed by atoms with Gasteiger partial charge >= 0.3 is 0 Å². The summed E-state index contributed by atoms with van der Waals surface area (Å²) in [6, 6.07) is 2.34. The Morgan fingerprint density at radius 1 is 1.36 bits per heavy atom. The van der Waals surface area contributed by atoms with Crippen LogP contribution in [0.1, 0.15) is 52.9 Å². The number of hydrogen-bond donors (Lipinski definition) is 1. The van der Waals surface area contributed by atoms with Crippen LogP contribution in [0.4, 0.5) is 0 Å². The first-order valence-corrected chi connectivity index (χ1v) is 5.64. The maximum atomic E-state index is 8.87. The molecule has 0 aromatic heterocycles. The molecule has 0 radical (unpaired) electrons. The van der Waals surface area contributed by atoms with E-state index in [1.165, 1.54) is 25.7 Å². The first-order valence-electron chi connectivity index (χ1n) is 5.64. The summed E-state index contributed by atoms with van der Waals surface area (Å²) < 4.78 is 0. The molecular weight excluding hydrogens is 172 g/mol. The second kappa shape index (κ2) is 4.31. The highest BCUT2D eigenvalue weighted by Crippen LogP contribution is 2.29. The molecule has 0 atom stereocenters. The lowest BCUT2D eigenvalue weighted by Crippen LogP contribution is -2.41. The summed E-state index contributed by atoms with van der Waals surface area (Å²) in [6.45, 7) is 7.29. The number of nitriles is 1. The smallest absolute Gasteiger partial charge is 0.0684 e. The van der Waals surface area contributed by atoms with Gasteiger partial charge in [0.15, 0.2) is 0 Å². The molecule has 14 heavy (non-hydrogen) atoms. The molecule has 0 aromatic carbocycles. The van der Waals surface area contributed by atoms with E-state index in [-0.39, 0.29) is 5.41 Å². The Labute approximate surface area is 87.7 Å². The van der Waals surface area contributed by atoms with E-state index >= 15 is 0 Å². The number of rotatable bonds is 4. The van der Waals surface area contributed by atoms with Crippen molar-refractivity contribution in [2.45, 2.75) is 58.4 Å². The average Bonchev–Trinajstić information content (AvgIpc) is 2.52. The van der Waals surface area contributed by atoms with Gasteiger partial charge in [-0.3, -0.25) is 0 Å². The number of nitrogens with one attached hydrogen (secondary N) is 1. The zero-order chi connectivity index (χ0) is 10.7. The van der Waals surface area contributed by atoms with Gasteiger partial charge in [0, 0.05) is 5.54 Å². The van der Waals surface area contributed by atoms with Crippen molar-refractivity contribution in [3.05, 3.63) is 0 Å². The Bertz CT molecular complexity index is 219. The van der Waals surface area contributed by atoms with E-state index in [9.17, 15) is 0 Å². The summed E-state index contributed by atoms with van der Waals surface area (Å²) in [4.78, 5) is 0. The van der Waals surface area contributed by atoms with E-state index in [4.69, 9.17) is 5.26 Å². The molecule has 1 fully saturated rings. The molecule has 0 spiro atoms. The lowest BCUT2D eigenvalue weighted by atomic mass is 9.90. The molecule has 1 rings (SSSR count). The highest BCUT2D eigenvalue weighted by Gasteiger charge is 2.28. The van der Waals surface area contributed by atoms with Crippen LogP contribution in [0.2, 0.25) is 0 Å². The SMILES string of the molecule is CC(C)(C#N)CCNC1(C)CCCC1. The summed E-state index contributed by atoms with van der Waals surface area (Å²) in [6.07, 6.45) is 6.23. The lowest BCUT2D eigenvalue weighted by Gasteiger charge is -2.27. The molecule has 0 aliphatic heterocycles. The zero-order valence-electron chi connectivity index (χ0n) is 9.69. The van der Waals surface area contributed by atoms with Crippen LogP contribution < -0.4 is 5.32 Å². The second-order valence-electron chi connectivity index (χ2n) is 5.44. The van der Waals surface area contributed by atoms with Crippen LogP contribution in [0.3, 0.4) is 0 Å². The summed E-state index contributed by atoms with van der Waals surface area (Å²) in [5, 5.41) is 12.5. The van der Waals surface area contributed by atoms with Crippen LogP contribution in [0.25, 0.3) is 0 Å². The fraction of sp³-hybridized carbons (Fsp3) is 0.917. The van der Waals surface area contributed by atoms with Crippen LogP contribution >= 0.6 is 0 Å². The van der Waals surface area contributed by atoms with Crippen LogP contribution in [0, 0.1) is 16.7 Å². The number of hydrogen-bond acceptors (Lipinski definition) is 2. The predicted molar refractivity (Wildman–Crippen MR) is 58.9 cm³/mol. The minimum Gasteiger partial charge on any atom is -0.311 e. The van der Waals surface area contributed by atoms with E-state index in [2.05, 4.69) is 18.3 Å². The number of nitrogens with zero attached hydrogens (tertiary/aromatic N) is 1. The van der Waals surface area contributed by atoms with Crippen molar-refractivity contribution in [2.75, 3.05) is 6.54 Å². The molecule has 1 saturated carbocycles. The van der Waals surface area contributed by atoms with Crippen molar-refractivity contribution in [1.82, 2.24) is 5.32 Å². The fourth-order valence-electron chi connectivity index (χ4n) is 2.06. The molecule has 2 heteroatoms. The molecule has 80 valence electrons. The molecule has 0 saturated heterocycles. The predicted octanol–water partition coefficient (Wildman–Crippen LogP) is 2.85. The summed E-state index contributed by atoms with van der Waals surface area (Å²) >= 11 is 0. The third-order valence-electron chi connectivity index (χ3n) is 3.31. The average molecular weight is 194 g/mol. The molecule has 1 aliphatic carbocycles. The van der Waals surface area contributed by atoms with E-state index in [1.807, 2.05) is 13.8 Å². The Morgan fingerprint density at radius 2 is 1.93 bits per heavy atom. The molecule has 0 aromatic rings. The largest absolute Gasteiger partial charge is 0.311 e. The van der Waals surface area contributed by atoms with Gasteiger partial charge in [-0.2, -0.15) is 5.26 Å². The van der Waals surface area contributed by atoms with Gasteiger partial charge in [-0.15, -0.1) is 0 Å². The molecule has 2 nitrogen and oxygen atoms in total. The molecule has 0 amide bonds.